The normalized spacial score (nSPS) is 12.5. The van der Waals surface area contributed by atoms with Crippen LogP contribution in [0, 0.1) is 0 Å². The van der Waals surface area contributed by atoms with Crippen molar-refractivity contribution in [1.82, 2.24) is 10.5 Å². The highest BCUT2D eigenvalue weighted by atomic mass is 35.5. The fraction of sp³-hybridized carbons (Fsp3) is 0.188. The zero-order valence-corrected chi connectivity index (χ0v) is 14.2. The van der Waals surface area contributed by atoms with E-state index in [4.69, 9.17) is 27.7 Å². The van der Waals surface area contributed by atoms with Gasteiger partial charge < -0.3 is 9.84 Å². The molecule has 2 aromatic heterocycles. The lowest BCUT2D eigenvalue weighted by atomic mass is 10.1. The molecule has 6 heteroatoms. The number of aromatic nitrogens is 1. The van der Waals surface area contributed by atoms with Crippen molar-refractivity contribution in [2.24, 2.45) is 0 Å². The van der Waals surface area contributed by atoms with Crippen LogP contribution in [0.1, 0.15) is 24.2 Å². The third kappa shape index (κ3) is 3.52. The van der Waals surface area contributed by atoms with Gasteiger partial charge in [-0.25, -0.2) is 0 Å². The first kappa shape index (κ1) is 15.6. The largest absolute Gasteiger partial charge is 0.355 e. The first-order chi connectivity index (χ1) is 10.6. The number of hydrogen-bond donors (Lipinski definition) is 1. The van der Waals surface area contributed by atoms with E-state index in [1.807, 2.05) is 35.7 Å². The van der Waals surface area contributed by atoms with Crippen LogP contribution in [0.15, 0.2) is 46.3 Å². The summed E-state index contributed by atoms with van der Waals surface area (Å²) >= 11 is 13.8. The molecule has 0 bridgehead atoms. The van der Waals surface area contributed by atoms with E-state index in [9.17, 15) is 0 Å². The van der Waals surface area contributed by atoms with Crippen molar-refractivity contribution in [3.63, 3.8) is 0 Å². The predicted octanol–water partition coefficient (Wildman–Crippen LogP) is 5.56. The van der Waals surface area contributed by atoms with Crippen LogP contribution < -0.4 is 5.32 Å². The van der Waals surface area contributed by atoms with E-state index in [1.54, 1.807) is 17.4 Å². The van der Waals surface area contributed by atoms with Crippen molar-refractivity contribution >= 4 is 34.5 Å². The minimum absolute atomic E-state index is 0.0895. The second kappa shape index (κ2) is 6.84. The molecule has 1 unspecified atom stereocenters. The molecule has 0 amide bonds. The molecule has 1 N–H and O–H groups in total. The number of rotatable bonds is 5. The Morgan fingerprint density at radius 2 is 2.14 bits per heavy atom. The Hall–Kier alpha value is -1.33. The van der Waals surface area contributed by atoms with Crippen molar-refractivity contribution in [3.8, 4) is 10.6 Å². The molecule has 3 aromatic rings. The van der Waals surface area contributed by atoms with Gasteiger partial charge in [0.05, 0.1) is 10.6 Å². The minimum Gasteiger partial charge on any atom is -0.355 e. The van der Waals surface area contributed by atoms with Gasteiger partial charge in [0.2, 0.25) is 0 Å². The van der Waals surface area contributed by atoms with E-state index >= 15 is 0 Å². The van der Waals surface area contributed by atoms with E-state index in [0.29, 0.717) is 16.6 Å². The Balaban J connectivity index is 1.65. The summed E-state index contributed by atoms with van der Waals surface area (Å²) in [6.45, 7) is 2.66. The molecular weight excluding hydrogens is 339 g/mol. The molecule has 0 aliphatic rings. The third-order valence-electron chi connectivity index (χ3n) is 3.34. The fourth-order valence-corrected chi connectivity index (χ4v) is 3.40. The van der Waals surface area contributed by atoms with Crippen LogP contribution in [0.25, 0.3) is 10.6 Å². The molecule has 0 saturated carbocycles. The molecule has 3 nitrogen and oxygen atoms in total. The monoisotopic (exact) mass is 352 g/mol. The average Bonchev–Trinajstić information content (AvgIpc) is 3.16. The zero-order chi connectivity index (χ0) is 15.5. The lowest BCUT2D eigenvalue weighted by Crippen LogP contribution is -2.18. The molecule has 0 spiro atoms. The number of thiophene rings is 1. The van der Waals surface area contributed by atoms with Crippen LogP contribution in [0.4, 0.5) is 0 Å². The summed E-state index contributed by atoms with van der Waals surface area (Å²) in [5.41, 5.74) is 1.87. The number of benzene rings is 1. The highest BCUT2D eigenvalue weighted by Gasteiger charge is 2.12. The maximum absolute atomic E-state index is 6.22. The van der Waals surface area contributed by atoms with Gasteiger partial charge in [-0.2, -0.15) is 0 Å². The smallest absolute Gasteiger partial charge is 0.177 e. The molecule has 22 heavy (non-hydrogen) atoms. The van der Waals surface area contributed by atoms with E-state index < -0.39 is 0 Å². The highest BCUT2D eigenvalue weighted by molar-refractivity contribution is 7.13. The molecule has 0 radical (unpaired) electrons. The molecule has 2 heterocycles. The maximum atomic E-state index is 6.22. The van der Waals surface area contributed by atoms with Gasteiger partial charge in [-0.05, 0) is 36.1 Å². The zero-order valence-electron chi connectivity index (χ0n) is 11.8. The Bertz CT molecular complexity index is 755. The van der Waals surface area contributed by atoms with Crippen molar-refractivity contribution < 1.29 is 4.52 Å². The predicted molar refractivity (Wildman–Crippen MR) is 91.5 cm³/mol. The molecule has 0 fully saturated rings. The number of nitrogens with zero attached hydrogens (tertiary/aromatic N) is 1. The SMILES string of the molecule is CC(NCc1cc(-c2cccs2)on1)c1ccc(Cl)cc1Cl. The minimum atomic E-state index is 0.0895. The highest BCUT2D eigenvalue weighted by Crippen LogP contribution is 2.27. The first-order valence-corrected chi connectivity index (χ1v) is 8.45. The van der Waals surface area contributed by atoms with Gasteiger partial charge in [-0.1, -0.05) is 40.5 Å². The summed E-state index contributed by atoms with van der Waals surface area (Å²) in [5, 5.41) is 10.8. The van der Waals surface area contributed by atoms with E-state index in [-0.39, 0.29) is 6.04 Å². The van der Waals surface area contributed by atoms with Gasteiger partial charge in [-0.3, -0.25) is 0 Å². The Morgan fingerprint density at radius 1 is 1.27 bits per heavy atom. The summed E-state index contributed by atoms with van der Waals surface area (Å²) in [4.78, 5) is 1.08. The lowest BCUT2D eigenvalue weighted by molar-refractivity contribution is 0.417. The van der Waals surface area contributed by atoms with Gasteiger partial charge >= 0.3 is 0 Å². The molecule has 0 saturated heterocycles. The Kier molecular flexibility index (Phi) is 4.84. The molecular formula is C16H14Cl2N2OS. The topological polar surface area (TPSA) is 38.1 Å². The van der Waals surface area contributed by atoms with E-state index in [0.717, 1.165) is 21.9 Å². The lowest BCUT2D eigenvalue weighted by Gasteiger charge is -2.14. The van der Waals surface area contributed by atoms with Crippen molar-refractivity contribution in [1.29, 1.82) is 0 Å². The van der Waals surface area contributed by atoms with Gasteiger partial charge in [0.1, 0.15) is 0 Å². The van der Waals surface area contributed by atoms with E-state index in [1.165, 1.54) is 0 Å². The standard InChI is InChI=1S/C16H14Cl2N2OS/c1-10(13-5-4-11(17)7-14(13)18)19-9-12-8-15(21-20-12)16-3-2-6-22-16/h2-8,10,19H,9H2,1H3. The van der Waals surface area contributed by atoms with Crippen LogP contribution >= 0.6 is 34.5 Å². The summed E-state index contributed by atoms with van der Waals surface area (Å²) in [5.74, 6) is 0.795. The van der Waals surface area contributed by atoms with Gasteiger partial charge in [0.25, 0.3) is 0 Å². The van der Waals surface area contributed by atoms with Gasteiger partial charge in [-0.15, -0.1) is 11.3 Å². The summed E-state index contributed by atoms with van der Waals surface area (Å²) in [6.07, 6.45) is 0. The molecule has 114 valence electrons. The summed E-state index contributed by atoms with van der Waals surface area (Å²) < 4.78 is 5.36. The summed E-state index contributed by atoms with van der Waals surface area (Å²) in [6, 6.07) is 11.6. The van der Waals surface area contributed by atoms with Crippen molar-refractivity contribution in [3.05, 3.63) is 63.1 Å². The second-order valence-corrected chi connectivity index (χ2v) is 6.72. The van der Waals surface area contributed by atoms with Crippen LogP contribution in [0.3, 0.4) is 0 Å². The van der Waals surface area contributed by atoms with Crippen LogP contribution in [0.5, 0.6) is 0 Å². The maximum Gasteiger partial charge on any atom is 0.177 e. The van der Waals surface area contributed by atoms with Crippen LogP contribution in [-0.4, -0.2) is 5.16 Å². The molecule has 0 aliphatic heterocycles. The average molecular weight is 353 g/mol. The number of nitrogens with one attached hydrogen (secondary N) is 1. The van der Waals surface area contributed by atoms with E-state index in [2.05, 4.69) is 17.4 Å². The molecule has 0 aliphatic carbocycles. The van der Waals surface area contributed by atoms with Crippen molar-refractivity contribution in [2.45, 2.75) is 19.5 Å². The van der Waals surface area contributed by atoms with Gasteiger partial charge in [0.15, 0.2) is 5.76 Å². The Labute approximate surface area is 142 Å². The number of hydrogen-bond acceptors (Lipinski definition) is 4. The Morgan fingerprint density at radius 3 is 2.86 bits per heavy atom. The first-order valence-electron chi connectivity index (χ1n) is 6.81. The van der Waals surface area contributed by atoms with Gasteiger partial charge in [0, 0.05) is 28.7 Å². The van der Waals surface area contributed by atoms with Crippen LogP contribution in [0.2, 0.25) is 10.0 Å². The second-order valence-electron chi connectivity index (χ2n) is 4.93. The molecule has 1 atom stereocenters. The quantitative estimate of drug-likeness (QED) is 0.652. The molecule has 3 rings (SSSR count). The van der Waals surface area contributed by atoms with Crippen LogP contribution in [-0.2, 0) is 6.54 Å². The van der Waals surface area contributed by atoms with Crippen molar-refractivity contribution in [2.75, 3.05) is 0 Å². The summed E-state index contributed by atoms with van der Waals surface area (Å²) in [7, 11) is 0. The molecule has 1 aromatic carbocycles. The number of halogens is 2. The third-order valence-corrected chi connectivity index (χ3v) is 4.79. The fourth-order valence-electron chi connectivity index (χ4n) is 2.15.